The van der Waals surface area contributed by atoms with E-state index >= 15 is 0 Å². The smallest absolute Gasteiger partial charge is 0.251 e. The van der Waals surface area contributed by atoms with Crippen molar-refractivity contribution in [1.82, 2.24) is 10.2 Å². The van der Waals surface area contributed by atoms with Crippen molar-refractivity contribution in [2.45, 2.75) is 66.8 Å². The van der Waals surface area contributed by atoms with Crippen LogP contribution in [0.5, 0.6) is 0 Å². The summed E-state index contributed by atoms with van der Waals surface area (Å²) in [6.45, 7) is 10.7. The summed E-state index contributed by atoms with van der Waals surface area (Å²) in [6, 6.07) is 2.68. The predicted octanol–water partition coefficient (Wildman–Crippen LogP) is 4.41. The molecule has 23 heavy (non-hydrogen) atoms. The quantitative estimate of drug-likeness (QED) is 0.832. The molecule has 1 saturated heterocycles. The molecule has 0 saturated carbocycles. The van der Waals surface area contributed by atoms with Crippen LogP contribution in [0.15, 0.2) is 6.07 Å². The Labute approximate surface area is 142 Å². The minimum absolute atomic E-state index is 0. The van der Waals surface area contributed by atoms with Crippen LogP contribution in [0.4, 0.5) is 0 Å². The van der Waals surface area contributed by atoms with Gasteiger partial charge in [-0.1, -0.05) is 27.7 Å². The first-order chi connectivity index (χ1) is 10.6. The number of carbonyl (C=O) groups excluding carboxylic acids is 1. The number of rotatable bonds is 1. The van der Waals surface area contributed by atoms with Crippen molar-refractivity contribution in [2.75, 3.05) is 20.1 Å². The van der Waals surface area contributed by atoms with Crippen molar-refractivity contribution in [1.29, 1.82) is 0 Å². The number of benzene rings is 1. The molecule has 1 unspecified atom stereocenters. The Hall–Kier alpha value is -1.35. The molecule has 1 aromatic rings. The van der Waals surface area contributed by atoms with E-state index in [0.29, 0.717) is 6.04 Å². The van der Waals surface area contributed by atoms with Gasteiger partial charge in [-0.15, -0.1) is 0 Å². The number of aryl methyl sites for hydroxylation is 1. The van der Waals surface area contributed by atoms with Gasteiger partial charge in [0.25, 0.3) is 5.91 Å². The van der Waals surface area contributed by atoms with Gasteiger partial charge >= 0.3 is 0 Å². The molecule has 130 valence electrons. The van der Waals surface area contributed by atoms with E-state index < -0.39 is 0 Å². The first-order valence-corrected chi connectivity index (χ1v) is 8.72. The molecule has 2 aliphatic heterocycles. The summed E-state index contributed by atoms with van der Waals surface area (Å²) in [4.78, 5) is 14.7. The summed E-state index contributed by atoms with van der Waals surface area (Å²) >= 11 is 0. The third-order valence-corrected chi connectivity index (χ3v) is 5.04. The standard InChI is InChI=1S/C17H24N2O.C2H6.CH4/c1-11-10-14(17(20)18-3)12(2)13-7-9-19-8-5-4-6-15(19)16(11)13;1-2;/h10,15H,4-9H2,1-3H3,(H,18,20);1-2H3;1H4. The van der Waals surface area contributed by atoms with Gasteiger partial charge in [0, 0.05) is 25.2 Å². The van der Waals surface area contributed by atoms with Crippen molar-refractivity contribution in [3.8, 4) is 0 Å². The number of piperidine rings is 1. The van der Waals surface area contributed by atoms with E-state index in [1.54, 1.807) is 7.05 Å². The number of hydrogen-bond acceptors (Lipinski definition) is 2. The van der Waals surface area contributed by atoms with Gasteiger partial charge < -0.3 is 5.32 Å². The molecule has 3 rings (SSSR count). The van der Waals surface area contributed by atoms with E-state index in [1.807, 2.05) is 13.8 Å². The van der Waals surface area contributed by atoms with Crippen LogP contribution < -0.4 is 5.32 Å². The minimum Gasteiger partial charge on any atom is -0.355 e. The van der Waals surface area contributed by atoms with E-state index in [1.165, 1.54) is 48.1 Å². The first-order valence-electron chi connectivity index (χ1n) is 8.72. The zero-order valence-corrected chi connectivity index (χ0v) is 14.8. The van der Waals surface area contributed by atoms with Gasteiger partial charge in [-0.3, -0.25) is 9.69 Å². The highest BCUT2D eigenvalue weighted by Gasteiger charge is 2.32. The Kier molecular flexibility index (Phi) is 7.27. The summed E-state index contributed by atoms with van der Waals surface area (Å²) in [5.41, 5.74) is 6.29. The van der Waals surface area contributed by atoms with Crippen LogP contribution in [0.1, 0.15) is 79.2 Å². The van der Waals surface area contributed by atoms with Crippen molar-refractivity contribution in [2.24, 2.45) is 0 Å². The van der Waals surface area contributed by atoms with Crippen LogP contribution >= 0.6 is 0 Å². The van der Waals surface area contributed by atoms with Gasteiger partial charge in [-0.25, -0.2) is 0 Å². The van der Waals surface area contributed by atoms with Gasteiger partial charge in [0.2, 0.25) is 0 Å². The van der Waals surface area contributed by atoms with Crippen LogP contribution in [-0.2, 0) is 6.42 Å². The minimum atomic E-state index is 0. The molecule has 0 aliphatic carbocycles. The van der Waals surface area contributed by atoms with Crippen LogP contribution in [0.2, 0.25) is 0 Å². The van der Waals surface area contributed by atoms with Crippen LogP contribution in [0, 0.1) is 13.8 Å². The molecule has 2 heterocycles. The van der Waals surface area contributed by atoms with Crippen molar-refractivity contribution < 1.29 is 4.79 Å². The molecule has 2 aliphatic rings. The highest BCUT2D eigenvalue weighted by Crippen LogP contribution is 2.40. The Morgan fingerprint density at radius 1 is 1.22 bits per heavy atom. The van der Waals surface area contributed by atoms with Crippen LogP contribution in [0.25, 0.3) is 0 Å². The van der Waals surface area contributed by atoms with Gasteiger partial charge in [0.05, 0.1) is 0 Å². The number of nitrogens with one attached hydrogen (secondary N) is 1. The monoisotopic (exact) mass is 318 g/mol. The van der Waals surface area contributed by atoms with Crippen LogP contribution in [0.3, 0.4) is 0 Å². The average Bonchev–Trinajstić information content (AvgIpc) is 2.58. The largest absolute Gasteiger partial charge is 0.355 e. The molecule has 0 bridgehead atoms. The predicted molar refractivity (Wildman–Crippen MR) is 99.3 cm³/mol. The highest BCUT2D eigenvalue weighted by molar-refractivity contribution is 5.96. The van der Waals surface area contributed by atoms with E-state index in [-0.39, 0.29) is 13.3 Å². The molecule has 1 aromatic carbocycles. The Morgan fingerprint density at radius 2 is 1.91 bits per heavy atom. The lowest BCUT2D eigenvalue weighted by Crippen LogP contribution is -2.39. The summed E-state index contributed by atoms with van der Waals surface area (Å²) < 4.78 is 0. The lowest BCUT2D eigenvalue weighted by Gasteiger charge is -2.42. The summed E-state index contributed by atoms with van der Waals surface area (Å²) in [5.74, 6) is 0.0412. The highest BCUT2D eigenvalue weighted by atomic mass is 16.1. The second kappa shape index (κ2) is 8.49. The molecule has 0 spiro atoms. The van der Waals surface area contributed by atoms with Gasteiger partial charge in [0.15, 0.2) is 0 Å². The topological polar surface area (TPSA) is 32.3 Å². The zero-order chi connectivity index (χ0) is 16.3. The Balaban J connectivity index is 0.000000849. The molecule has 1 amide bonds. The maximum atomic E-state index is 12.0. The Morgan fingerprint density at radius 3 is 2.57 bits per heavy atom. The number of carbonyl (C=O) groups is 1. The lowest BCUT2D eigenvalue weighted by atomic mass is 9.80. The van der Waals surface area contributed by atoms with E-state index in [4.69, 9.17) is 0 Å². The summed E-state index contributed by atoms with van der Waals surface area (Å²) in [6.07, 6.45) is 5.02. The summed E-state index contributed by atoms with van der Waals surface area (Å²) in [5, 5.41) is 2.76. The fourth-order valence-electron chi connectivity index (χ4n) is 4.00. The van der Waals surface area contributed by atoms with E-state index in [9.17, 15) is 4.79 Å². The van der Waals surface area contributed by atoms with Crippen molar-refractivity contribution in [3.63, 3.8) is 0 Å². The van der Waals surface area contributed by atoms with Crippen LogP contribution in [-0.4, -0.2) is 30.9 Å². The first kappa shape index (κ1) is 19.7. The van der Waals surface area contributed by atoms with E-state index in [2.05, 4.69) is 30.1 Å². The molecular weight excluding hydrogens is 284 g/mol. The molecule has 1 atom stereocenters. The maximum Gasteiger partial charge on any atom is 0.251 e. The summed E-state index contributed by atoms with van der Waals surface area (Å²) in [7, 11) is 1.71. The fraction of sp³-hybridized carbons (Fsp3) is 0.650. The number of amides is 1. The zero-order valence-electron chi connectivity index (χ0n) is 14.8. The fourth-order valence-corrected chi connectivity index (χ4v) is 4.00. The molecule has 1 fully saturated rings. The van der Waals surface area contributed by atoms with E-state index in [0.717, 1.165) is 18.5 Å². The molecule has 0 radical (unpaired) electrons. The molecule has 1 N–H and O–H groups in total. The molecule has 3 nitrogen and oxygen atoms in total. The van der Waals surface area contributed by atoms with Crippen molar-refractivity contribution >= 4 is 5.91 Å². The maximum absolute atomic E-state index is 12.0. The molecule has 3 heteroatoms. The SMILES string of the molecule is C.CC.CNC(=O)c1cc(C)c2c(c1C)CCN1CCCCC21. The number of nitrogens with zero attached hydrogens (tertiary/aromatic N) is 1. The average molecular weight is 319 g/mol. The van der Waals surface area contributed by atoms with Gasteiger partial charge in [-0.2, -0.15) is 0 Å². The van der Waals surface area contributed by atoms with Gasteiger partial charge in [-0.05, 0) is 68.0 Å². The lowest BCUT2D eigenvalue weighted by molar-refractivity contribution is 0.0961. The second-order valence-corrected chi connectivity index (χ2v) is 6.13. The molecule has 0 aromatic heterocycles. The third-order valence-electron chi connectivity index (χ3n) is 5.04. The Bertz CT molecular complexity index is 551. The normalized spacial score (nSPS) is 19.4. The number of hydrogen-bond donors (Lipinski definition) is 1. The van der Waals surface area contributed by atoms with Crippen molar-refractivity contribution in [3.05, 3.63) is 33.9 Å². The van der Waals surface area contributed by atoms with Gasteiger partial charge in [0.1, 0.15) is 0 Å². The third kappa shape index (κ3) is 3.60. The second-order valence-electron chi connectivity index (χ2n) is 6.13. The number of fused-ring (bicyclic) bond motifs is 3. The molecular formula is C20H34N2O.